The van der Waals surface area contributed by atoms with Gasteiger partial charge < -0.3 is 10.3 Å². The van der Waals surface area contributed by atoms with Gasteiger partial charge in [-0.15, -0.1) is 0 Å². The van der Waals surface area contributed by atoms with Gasteiger partial charge in [0.15, 0.2) is 4.77 Å². The maximum absolute atomic E-state index is 12.1. The summed E-state index contributed by atoms with van der Waals surface area (Å²) in [7, 11) is 0. The van der Waals surface area contributed by atoms with Crippen molar-refractivity contribution < 1.29 is 4.79 Å². The molecule has 24 heavy (non-hydrogen) atoms. The summed E-state index contributed by atoms with van der Waals surface area (Å²) in [5.74, 6) is 0.389. The number of rotatable bonds is 6. The second kappa shape index (κ2) is 8.06. The van der Waals surface area contributed by atoms with Gasteiger partial charge in [-0.25, -0.2) is 0 Å². The van der Waals surface area contributed by atoms with Crippen molar-refractivity contribution in [1.82, 2.24) is 9.97 Å². The van der Waals surface area contributed by atoms with E-state index in [0.29, 0.717) is 28.4 Å². The number of nitrogens with one attached hydrogen (secondary N) is 3. The van der Waals surface area contributed by atoms with Crippen LogP contribution in [0.25, 0.3) is 0 Å². The molecule has 0 fully saturated rings. The molecule has 0 bridgehead atoms. The van der Waals surface area contributed by atoms with Gasteiger partial charge in [-0.1, -0.05) is 26.0 Å². The molecule has 0 aliphatic heterocycles. The largest absolute Gasteiger partial charge is 0.336 e. The maximum Gasteiger partial charge on any atom is 0.255 e. The standard InChI is InChI=1S/C18H23N3O2S/c1-4-11(2)13-5-7-14(8-6-13)20-16(22)10-9-15-12(3)19-18(24)21-17(15)23/h5-8,11H,4,9-10H2,1-3H3,(H,20,22)(H2,19,21,23,24)/t11-/m0/s1. The number of amides is 1. The van der Waals surface area contributed by atoms with Crippen LogP contribution in [-0.4, -0.2) is 15.9 Å². The molecular formula is C18H23N3O2S. The SMILES string of the molecule is CC[C@H](C)c1ccc(NC(=O)CCc2c(C)[nH]c(=S)[nH]c2=O)cc1. The van der Waals surface area contributed by atoms with Crippen LogP contribution in [0, 0.1) is 11.7 Å². The lowest BCUT2D eigenvalue weighted by Gasteiger charge is -2.10. The lowest BCUT2D eigenvalue weighted by molar-refractivity contribution is -0.116. The third-order valence-electron chi connectivity index (χ3n) is 4.23. The van der Waals surface area contributed by atoms with Crippen LogP contribution in [0.2, 0.25) is 0 Å². The highest BCUT2D eigenvalue weighted by atomic mass is 32.1. The summed E-state index contributed by atoms with van der Waals surface area (Å²) < 4.78 is 0.298. The third-order valence-corrected chi connectivity index (χ3v) is 4.44. The molecule has 1 amide bonds. The zero-order chi connectivity index (χ0) is 17.7. The summed E-state index contributed by atoms with van der Waals surface area (Å²) in [6.45, 7) is 6.12. The Balaban J connectivity index is 1.97. The first kappa shape index (κ1) is 18.1. The predicted molar refractivity (Wildman–Crippen MR) is 99.1 cm³/mol. The molecule has 0 spiro atoms. The number of carbonyl (C=O) groups is 1. The zero-order valence-electron chi connectivity index (χ0n) is 14.2. The van der Waals surface area contributed by atoms with Crippen LogP contribution in [0.3, 0.4) is 0 Å². The molecule has 2 aromatic rings. The maximum atomic E-state index is 12.1. The van der Waals surface area contributed by atoms with Gasteiger partial charge in [-0.2, -0.15) is 0 Å². The first-order valence-corrected chi connectivity index (χ1v) is 8.53. The predicted octanol–water partition coefficient (Wildman–Crippen LogP) is 3.83. The van der Waals surface area contributed by atoms with Crippen LogP contribution >= 0.6 is 12.2 Å². The van der Waals surface area contributed by atoms with Gasteiger partial charge in [0.1, 0.15) is 0 Å². The topological polar surface area (TPSA) is 77.8 Å². The molecule has 128 valence electrons. The van der Waals surface area contributed by atoms with Gasteiger partial charge >= 0.3 is 0 Å². The molecule has 0 unspecified atom stereocenters. The number of aryl methyl sites for hydroxylation is 1. The first-order chi connectivity index (χ1) is 11.4. The average Bonchev–Trinajstić information content (AvgIpc) is 2.53. The normalized spacial score (nSPS) is 12.0. The molecule has 0 saturated heterocycles. The Kier molecular flexibility index (Phi) is 6.09. The van der Waals surface area contributed by atoms with E-state index in [9.17, 15) is 9.59 Å². The number of benzene rings is 1. The van der Waals surface area contributed by atoms with Crippen molar-refractivity contribution in [3.05, 3.63) is 56.2 Å². The van der Waals surface area contributed by atoms with E-state index in [-0.39, 0.29) is 17.9 Å². The summed E-state index contributed by atoms with van der Waals surface area (Å²) >= 11 is 4.92. The molecule has 0 aliphatic rings. The summed E-state index contributed by atoms with van der Waals surface area (Å²) in [6, 6.07) is 7.90. The first-order valence-electron chi connectivity index (χ1n) is 8.12. The van der Waals surface area contributed by atoms with Crippen molar-refractivity contribution in [2.75, 3.05) is 5.32 Å². The van der Waals surface area contributed by atoms with E-state index < -0.39 is 0 Å². The molecule has 3 N–H and O–H groups in total. The van der Waals surface area contributed by atoms with Gasteiger partial charge in [0.25, 0.3) is 5.56 Å². The Hall–Kier alpha value is -2.21. The van der Waals surface area contributed by atoms with E-state index in [0.717, 1.165) is 12.1 Å². The minimum Gasteiger partial charge on any atom is -0.336 e. The fraction of sp³-hybridized carbons (Fsp3) is 0.389. The number of aromatic nitrogens is 2. The monoisotopic (exact) mass is 345 g/mol. The average molecular weight is 345 g/mol. The number of H-pyrrole nitrogens is 2. The lowest BCUT2D eigenvalue weighted by Crippen LogP contribution is -2.19. The Morgan fingerprint density at radius 3 is 2.50 bits per heavy atom. The molecule has 0 radical (unpaired) electrons. The van der Waals surface area contributed by atoms with Crippen molar-refractivity contribution in [3.8, 4) is 0 Å². The molecular weight excluding hydrogens is 322 g/mol. The van der Waals surface area contributed by atoms with Crippen LogP contribution < -0.4 is 10.9 Å². The van der Waals surface area contributed by atoms with Crippen molar-refractivity contribution >= 4 is 23.8 Å². The number of aromatic amines is 2. The lowest BCUT2D eigenvalue weighted by atomic mass is 9.98. The Bertz CT molecular complexity index is 821. The van der Waals surface area contributed by atoms with E-state index in [1.807, 2.05) is 24.3 Å². The van der Waals surface area contributed by atoms with Crippen molar-refractivity contribution in [3.63, 3.8) is 0 Å². The minimum atomic E-state index is -0.234. The molecule has 5 nitrogen and oxygen atoms in total. The summed E-state index contributed by atoms with van der Waals surface area (Å²) in [6.07, 6.45) is 1.69. The van der Waals surface area contributed by atoms with E-state index in [1.54, 1.807) is 6.92 Å². The minimum absolute atomic E-state index is 0.118. The van der Waals surface area contributed by atoms with E-state index in [4.69, 9.17) is 12.2 Å². The fourth-order valence-corrected chi connectivity index (χ4v) is 2.77. The molecule has 0 saturated carbocycles. The highest BCUT2D eigenvalue weighted by Crippen LogP contribution is 2.20. The summed E-state index contributed by atoms with van der Waals surface area (Å²) in [4.78, 5) is 29.4. The smallest absolute Gasteiger partial charge is 0.255 e. The molecule has 1 aromatic carbocycles. The fourth-order valence-electron chi connectivity index (χ4n) is 2.52. The van der Waals surface area contributed by atoms with Gasteiger partial charge in [0, 0.05) is 23.4 Å². The van der Waals surface area contributed by atoms with Gasteiger partial charge in [-0.05, 0) is 55.6 Å². The second-order valence-electron chi connectivity index (χ2n) is 5.99. The van der Waals surface area contributed by atoms with Crippen molar-refractivity contribution in [2.24, 2.45) is 0 Å². The molecule has 1 aromatic heterocycles. The van der Waals surface area contributed by atoms with Crippen LogP contribution in [-0.2, 0) is 11.2 Å². The van der Waals surface area contributed by atoms with Crippen molar-refractivity contribution in [2.45, 2.75) is 46.0 Å². The van der Waals surface area contributed by atoms with E-state index in [1.165, 1.54) is 5.56 Å². The Morgan fingerprint density at radius 2 is 1.92 bits per heavy atom. The Morgan fingerprint density at radius 1 is 1.25 bits per heavy atom. The molecule has 1 heterocycles. The number of hydrogen-bond acceptors (Lipinski definition) is 3. The van der Waals surface area contributed by atoms with E-state index in [2.05, 4.69) is 29.1 Å². The molecule has 1 atom stereocenters. The summed E-state index contributed by atoms with van der Waals surface area (Å²) in [5.41, 5.74) is 3.06. The number of anilines is 1. The quantitative estimate of drug-likeness (QED) is 0.696. The highest BCUT2D eigenvalue weighted by Gasteiger charge is 2.09. The number of carbonyl (C=O) groups excluding carboxylic acids is 1. The zero-order valence-corrected chi connectivity index (χ0v) is 15.0. The molecule has 2 rings (SSSR count). The second-order valence-corrected chi connectivity index (χ2v) is 6.40. The summed E-state index contributed by atoms with van der Waals surface area (Å²) in [5, 5.41) is 2.86. The molecule has 0 aliphatic carbocycles. The van der Waals surface area contributed by atoms with Gasteiger partial charge in [-0.3, -0.25) is 14.6 Å². The highest BCUT2D eigenvalue weighted by molar-refractivity contribution is 7.71. The van der Waals surface area contributed by atoms with E-state index >= 15 is 0 Å². The van der Waals surface area contributed by atoms with Crippen LogP contribution in [0.15, 0.2) is 29.1 Å². The third kappa shape index (κ3) is 4.64. The number of hydrogen-bond donors (Lipinski definition) is 3. The van der Waals surface area contributed by atoms with Gasteiger partial charge in [0.2, 0.25) is 5.91 Å². The van der Waals surface area contributed by atoms with Gasteiger partial charge in [0.05, 0.1) is 0 Å². The van der Waals surface area contributed by atoms with Crippen LogP contribution in [0.4, 0.5) is 5.69 Å². The van der Waals surface area contributed by atoms with Crippen LogP contribution in [0.1, 0.15) is 49.4 Å². The Labute approximate surface area is 146 Å². The molecule has 6 heteroatoms. The van der Waals surface area contributed by atoms with Crippen molar-refractivity contribution in [1.29, 1.82) is 0 Å². The van der Waals surface area contributed by atoms with Crippen LogP contribution in [0.5, 0.6) is 0 Å².